The molecular formula is C20H31BrN2O2. The number of nitrogens with zero attached hydrogens (tertiary/aromatic N) is 1. The monoisotopic (exact) mass is 410 g/mol. The molecule has 1 aromatic rings. The molecular weight excluding hydrogens is 380 g/mol. The van der Waals surface area contributed by atoms with Gasteiger partial charge in [-0.1, -0.05) is 33.8 Å². The summed E-state index contributed by atoms with van der Waals surface area (Å²) >= 11 is 3.59. The molecule has 1 unspecified atom stereocenters. The van der Waals surface area contributed by atoms with E-state index in [0.29, 0.717) is 19.1 Å². The molecule has 1 atom stereocenters. The van der Waals surface area contributed by atoms with Gasteiger partial charge in [-0.05, 0) is 64.2 Å². The third-order valence-corrected chi connectivity index (χ3v) is 5.22. The molecule has 5 heteroatoms. The molecule has 0 aromatic heterocycles. The molecule has 140 valence electrons. The van der Waals surface area contributed by atoms with Gasteiger partial charge in [-0.15, -0.1) is 0 Å². The second kappa shape index (κ2) is 8.93. The molecule has 1 aliphatic heterocycles. The summed E-state index contributed by atoms with van der Waals surface area (Å²) in [6.45, 7) is 11.8. The Kier molecular flexibility index (Phi) is 7.17. The van der Waals surface area contributed by atoms with Crippen molar-refractivity contribution in [1.82, 2.24) is 10.2 Å². The molecule has 1 aliphatic rings. The van der Waals surface area contributed by atoms with Crippen molar-refractivity contribution in [2.75, 3.05) is 26.2 Å². The highest BCUT2D eigenvalue weighted by Crippen LogP contribution is 2.31. The van der Waals surface area contributed by atoms with Crippen LogP contribution in [0.5, 0.6) is 5.75 Å². The number of nitrogens with one attached hydrogen (secondary N) is 1. The first-order valence-electron chi connectivity index (χ1n) is 9.23. The Balaban J connectivity index is 1.70. The summed E-state index contributed by atoms with van der Waals surface area (Å²) in [4.78, 5) is 14.1. The van der Waals surface area contributed by atoms with E-state index < -0.39 is 0 Å². The molecule has 0 bridgehead atoms. The number of amides is 2. The summed E-state index contributed by atoms with van der Waals surface area (Å²) < 4.78 is 6.82. The molecule has 1 heterocycles. The number of ether oxygens (including phenoxy) is 1. The molecule has 1 fully saturated rings. The lowest BCUT2D eigenvalue weighted by Crippen LogP contribution is -2.45. The van der Waals surface area contributed by atoms with Gasteiger partial charge in [0.05, 0.1) is 11.1 Å². The molecule has 0 saturated carbocycles. The first kappa shape index (κ1) is 20.1. The Labute approximate surface area is 160 Å². The van der Waals surface area contributed by atoms with Crippen molar-refractivity contribution in [3.8, 4) is 5.75 Å². The van der Waals surface area contributed by atoms with Crippen molar-refractivity contribution in [2.45, 2.75) is 52.4 Å². The summed E-state index contributed by atoms with van der Waals surface area (Å²) in [6, 6.07) is 6.30. The minimum Gasteiger partial charge on any atom is -0.492 e. The van der Waals surface area contributed by atoms with E-state index >= 15 is 0 Å². The maximum absolute atomic E-state index is 12.1. The second-order valence-corrected chi connectivity index (χ2v) is 8.88. The van der Waals surface area contributed by atoms with Crippen LogP contribution in [0.3, 0.4) is 0 Å². The highest BCUT2D eigenvalue weighted by Gasteiger charge is 2.20. The van der Waals surface area contributed by atoms with Crippen molar-refractivity contribution in [3.63, 3.8) is 0 Å². The van der Waals surface area contributed by atoms with Gasteiger partial charge < -0.3 is 15.0 Å². The predicted molar refractivity (Wildman–Crippen MR) is 106 cm³/mol. The van der Waals surface area contributed by atoms with E-state index in [1.54, 1.807) is 0 Å². The Morgan fingerprint density at radius 3 is 2.80 bits per heavy atom. The number of likely N-dealkylation sites (tertiary alicyclic amines) is 1. The Morgan fingerprint density at radius 1 is 1.40 bits per heavy atom. The number of hydrogen-bond acceptors (Lipinski definition) is 2. The minimum absolute atomic E-state index is 0.0576. The van der Waals surface area contributed by atoms with E-state index in [1.165, 1.54) is 12.0 Å². The normalized spacial score (nSPS) is 18.1. The van der Waals surface area contributed by atoms with Gasteiger partial charge in [0.1, 0.15) is 5.75 Å². The van der Waals surface area contributed by atoms with Gasteiger partial charge in [0.15, 0.2) is 0 Å². The van der Waals surface area contributed by atoms with Crippen LogP contribution in [-0.4, -0.2) is 37.2 Å². The number of benzene rings is 1. The summed E-state index contributed by atoms with van der Waals surface area (Å²) in [5.41, 5.74) is 1.40. The van der Waals surface area contributed by atoms with E-state index in [2.05, 4.69) is 61.1 Å². The number of carbonyl (C=O) groups excluding carboxylic acids is 1. The molecule has 0 spiro atoms. The fourth-order valence-corrected chi connectivity index (χ4v) is 3.51. The lowest BCUT2D eigenvalue weighted by molar-refractivity contribution is 0.169. The van der Waals surface area contributed by atoms with Crippen LogP contribution in [0.1, 0.15) is 52.5 Å². The molecule has 0 radical (unpaired) electrons. The van der Waals surface area contributed by atoms with Gasteiger partial charge >= 0.3 is 6.03 Å². The van der Waals surface area contributed by atoms with Gasteiger partial charge in [0.2, 0.25) is 0 Å². The standard InChI is InChI=1S/C20H31BrN2O2/c1-15-7-5-11-23(14-15)19(24)22-10-6-12-25-18-9-8-16(13-17(18)21)20(2,3)4/h8-9,13,15H,5-7,10-12,14H2,1-4H3,(H,22,24). The Morgan fingerprint density at radius 2 is 2.16 bits per heavy atom. The second-order valence-electron chi connectivity index (χ2n) is 8.02. The van der Waals surface area contributed by atoms with Crippen molar-refractivity contribution >= 4 is 22.0 Å². The summed E-state index contributed by atoms with van der Waals surface area (Å²) in [6.07, 6.45) is 3.12. The molecule has 1 aromatic carbocycles. The van der Waals surface area contributed by atoms with E-state index in [-0.39, 0.29) is 11.4 Å². The number of rotatable bonds is 5. The van der Waals surface area contributed by atoms with Crippen molar-refractivity contribution in [2.24, 2.45) is 5.92 Å². The lowest BCUT2D eigenvalue weighted by atomic mass is 9.87. The molecule has 1 saturated heterocycles. The van der Waals surface area contributed by atoms with Crippen molar-refractivity contribution in [1.29, 1.82) is 0 Å². The van der Waals surface area contributed by atoms with Gasteiger partial charge in [-0.3, -0.25) is 0 Å². The van der Waals surface area contributed by atoms with Crippen molar-refractivity contribution in [3.05, 3.63) is 28.2 Å². The molecule has 0 aliphatic carbocycles. The summed E-state index contributed by atoms with van der Waals surface area (Å²) in [7, 11) is 0. The average Bonchev–Trinajstić information content (AvgIpc) is 2.54. The maximum atomic E-state index is 12.1. The third-order valence-electron chi connectivity index (χ3n) is 4.60. The maximum Gasteiger partial charge on any atom is 0.317 e. The van der Waals surface area contributed by atoms with E-state index in [1.807, 2.05) is 11.0 Å². The first-order chi connectivity index (χ1) is 11.8. The van der Waals surface area contributed by atoms with Crippen LogP contribution in [0.4, 0.5) is 4.79 Å². The van der Waals surface area contributed by atoms with E-state index in [0.717, 1.165) is 36.2 Å². The molecule has 2 amide bonds. The van der Waals surface area contributed by atoms with E-state index in [4.69, 9.17) is 4.74 Å². The number of urea groups is 1. The number of halogens is 1. The van der Waals surface area contributed by atoms with Crippen LogP contribution in [0, 0.1) is 5.92 Å². The summed E-state index contributed by atoms with van der Waals surface area (Å²) in [5.74, 6) is 1.46. The van der Waals surface area contributed by atoms with Crippen LogP contribution < -0.4 is 10.1 Å². The fraction of sp³-hybridized carbons (Fsp3) is 0.650. The highest BCUT2D eigenvalue weighted by molar-refractivity contribution is 9.10. The van der Waals surface area contributed by atoms with Gasteiger partial charge in [0, 0.05) is 19.6 Å². The summed E-state index contributed by atoms with van der Waals surface area (Å²) in [5, 5.41) is 3.00. The number of carbonyl (C=O) groups is 1. The molecule has 1 N–H and O–H groups in total. The molecule has 4 nitrogen and oxygen atoms in total. The Hall–Kier alpha value is -1.23. The zero-order valence-electron chi connectivity index (χ0n) is 15.9. The van der Waals surface area contributed by atoms with Gasteiger partial charge in [0.25, 0.3) is 0 Å². The number of piperidine rings is 1. The zero-order chi connectivity index (χ0) is 18.4. The smallest absolute Gasteiger partial charge is 0.317 e. The van der Waals surface area contributed by atoms with Crippen LogP contribution in [-0.2, 0) is 5.41 Å². The van der Waals surface area contributed by atoms with Crippen LogP contribution in [0.15, 0.2) is 22.7 Å². The number of hydrogen-bond donors (Lipinski definition) is 1. The average molecular weight is 411 g/mol. The van der Waals surface area contributed by atoms with Gasteiger partial charge in [-0.2, -0.15) is 0 Å². The highest BCUT2D eigenvalue weighted by atomic mass is 79.9. The molecule has 2 rings (SSSR count). The molecule has 25 heavy (non-hydrogen) atoms. The van der Waals surface area contributed by atoms with Gasteiger partial charge in [-0.25, -0.2) is 4.79 Å². The lowest BCUT2D eigenvalue weighted by Gasteiger charge is -2.30. The first-order valence-corrected chi connectivity index (χ1v) is 10.0. The van der Waals surface area contributed by atoms with E-state index in [9.17, 15) is 4.79 Å². The minimum atomic E-state index is 0.0576. The quantitative estimate of drug-likeness (QED) is 0.696. The largest absolute Gasteiger partial charge is 0.492 e. The third kappa shape index (κ3) is 6.21. The van der Waals surface area contributed by atoms with Crippen LogP contribution in [0.25, 0.3) is 0 Å². The topological polar surface area (TPSA) is 41.6 Å². The SMILES string of the molecule is CC1CCCN(C(=O)NCCCOc2ccc(C(C)(C)C)cc2Br)C1. The fourth-order valence-electron chi connectivity index (χ4n) is 3.02. The van der Waals surface area contributed by atoms with Crippen LogP contribution >= 0.6 is 15.9 Å². The predicted octanol–water partition coefficient (Wildman–Crippen LogP) is 4.96. The van der Waals surface area contributed by atoms with Crippen molar-refractivity contribution < 1.29 is 9.53 Å². The van der Waals surface area contributed by atoms with Crippen LogP contribution in [0.2, 0.25) is 0 Å². The Bertz CT molecular complexity index is 584. The zero-order valence-corrected chi connectivity index (χ0v) is 17.5.